The van der Waals surface area contributed by atoms with E-state index in [1.165, 1.54) is 0 Å². The number of nitrogens with zero attached hydrogens (tertiary/aromatic N) is 1. The van der Waals surface area contributed by atoms with Crippen LogP contribution in [0.3, 0.4) is 0 Å². The second-order valence-electron chi connectivity index (χ2n) is 7.64. The van der Waals surface area contributed by atoms with Gasteiger partial charge in [0, 0.05) is 28.0 Å². The van der Waals surface area contributed by atoms with Gasteiger partial charge in [0.2, 0.25) is 0 Å². The molecule has 1 aromatic heterocycles. The monoisotopic (exact) mass is 467 g/mol. The van der Waals surface area contributed by atoms with Crippen LogP contribution >= 0.6 is 23.2 Å². The molecule has 6 heteroatoms. The van der Waals surface area contributed by atoms with Gasteiger partial charge in [-0.3, -0.25) is 0 Å². The second kappa shape index (κ2) is 9.68. The van der Waals surface area contributed by atoms with Crippen molar-refractivity contribution in [1.82, 2.24) is 4.57 Å². The summed E-state index contributed by atoms with van der Waals surface area (Å²) in [7, 11) is 0. The highest BCUT2D eigenvalue weighted by atomic mass is 35.5. The molecule has 0 saturated heterocycles. The van der Waals surface area contributed by atoms with Gasteiger partial charge in [0.05, 0.1) is 11.6 Å². The highest BCUT2D eigenvalue weighted by Crippen LogP contribution is 2.37. The molecule has 3 aromatic carbocycles. The van der Waals surface area contributed by atoms with Crippen molar-refractivity contribution >= 4 is 40.1 Å². The van der Waals surface area contributed by atoms with Crippen molar-refractivity contribution < 1.29 is 14.6 Å². The smallest absolute Gasteiger partial charge is 0.353 e. The highest BCUT2D eigenvalue weighted by molar-refractivity contribution is 6.35. The van der Waals surface area contributed by atoms with Gasteiger partial charge in [0.1, 0.15) is 11.4 Å². The molecule has 164 valence electrons. The number of rotatable bonds is 8. The predicted octanol–water partition coefficient (Wildman–Crippen LogP) is 7.48. The molecule has 0 fully saturated rings. The van der Waals surface area contributed by atoms with Gasteiger partial charge >= 0.3 is 5.97 Å². The average molecular weight is 468 g/mol. The van der Waals surface area contributed by atoms with Crippen molar-refractivity contribution in [2.24, 2.45) is 0 Å². The summed E-state index contributed by atoms with van der Waals surface area (Å²) in [5, 5.41) is 12.1. The number of para-hydroxylation sites is 1. The molecule has 4 aromatic rings. The fourth-order valence-electron chi connectivity index (χ4n) is 4.03. The number of hydrogen-bond acceptors (Lipinski definition) is 2. The molecule has 1 N–H and O–H groups in total. The van der Waals surface area contributed by atoms with E-state index in [-0.39, 0.29) is 0 Å². The van der Waals surface area contributed by atoms with Crippen molar-refractivity contribution in [2.45, 2.75) is 26.3 Å². The molecule has 0 radical (unpaired) electrons. The maximum Gasteiger partial charge on any atom is 0.353 e. The number of carboxylic acids is 1. The lowest BCUT2D eigenvalue weighted by molar-refractivity contribution is 0.0686. The van der Waals surface area contributed by atoms with Crippen LogP contribution in [0.5, 0.6) is 5.75 Å². The van der Waals surface area contributed by atoms with Gasteiger partial charge in [-0.2, -0.15) is 0 Å². The molecule has 0 aliphatic heterocycles. The van der Waals surface area contributed by atoms with Crippen molar-refractivity contribution in [2.75, 3.05) is 6.61 Å². The number of benzene rings is 3. The SMILES string of the molecule is Cc1ccccc1-c1c(C(=O)O)n(CCCCOc2ccc(Cl)cc2Cl)c2ccccc12. The van der Waals surface area contributed by atoms with E-state index in [2.05, 4.69) is 0 Å². The number of halogens is 2. The second-order valence-corrected chi connectivity index (χ2v) is 8.49. The number of carbonyl (C=O) groups is 1. The summed E-state index contributed by atoms with van der Waals surface area (Å²) >= 11 is 12.1. The number of fused-ring (bicyclic) bond motifs is 1. The van der Waals surface area contributed by atoms with E-state index < -0.39 is 5.97 Å². The van der Waals surface area contributed by atoms with Gasteiger partial charge in [-0.15, -0.1) is 0 Å². The zero-order valence-corrected chi connectivity index (χ0v) is 19.2. The van der Waals surface area contributed by atoms with E-state index in [1.807, 2.05) is 60.0 Å². The third-order valence-corrected chi connectivity index (χ3v) is 6.05. The van der Waals surface area contributed by atoms with Crippen LogP contribution in [-0.4, -0.2) is 22.2 Å². The largest absolute Gasteiger partial charge is 0.492 e. The maximum atomic E-state index is 12.4. The minimum absolute atomic E-state index is 0.321. The molecule has 4 nitrogen and oxygen atoms in total. The lowest BCUT2D eigenvalue weighted by Crippen LogP contribution is -2.11. The fraction of sp³-hybridized carbons (Fsp3) is 0.192. The molecule has 0 saturated carbocycles. The molecule has 4 rings (SSSR count). The average Bonchev–Trinajstić information content (AvgIpc) is 3.10. The van der Waals surface area contributed by atoms with Gasteiger partial charge in [-0.25, -0.2) is 4.79 Å². The number of ether oxygens (including phenoxy) is 1. The quantitative estimate of drug-likeness (QED) is 0.273. The Kier molecular flexibility index (Phi) is 6.73. The molecule has 0 spiro atoms. The number of unbranched alkanes of at least 4 members (excludes halogenated alkanes) is 1. The van der Waals surface area contributed by atoms with Crippen LogP contribution in [-0.2, 0) is 6.54 Å². The lowest BCUT2D eigenvalue weighted by Gasteiger charge is -2.11. The van der Waals surface area contributed by atoms with E-state index in [1.54, 1.807) is 18.2 Å². The molecule has 0 amide bonds. The van der Waals surface area contributed by atoms with E-state index in [4.69, 9.17) is 27.9 Å². The topological polar surface area (TPSA) is 51.5 Å². The molecule has 0 atom stereocenters. The summed E-state index contributed by atoms with van der Waals surface area (Å²) < 4.78 is 7.68. The molecule has 0 aliphatic carbocycles. The number of aryl methyl sites for hydroxylation is 2. The molecule has 0 aliphatic rings. The summed E-state index contributed by atoms with van der Waals surface area (Å²) in [6.45, 7) is 3.06. The third kappa shape index (κ3) is 4.47. The van der Waals surface area contributed by atoms with E-state index in [9.17, 15) is 9.90 Å². The Morgan fingerprint density at radius 1 is 1.00 bits per heavy atom. The van der Waals surface area contributed by atoms with Crippen molar-refractivity contribution in [3.05, 3.63) is 88.0 Å². The Labute approximate surface area is 197 Å². The molecular formula is C26H23Cl2NO3. The fourth-order valence-corrected chi connectivity index (χ4v) is 4.49. The van der Waals surface area contributed by atoms with E-state index in [0.717, 1.165) is 40.4 Å². The van der Waals surface area contributed by atoms with Crippen LogP contribution in [0.1, 0.15) is 28.9 Å². The summed E-state index contributed by atoms with van der Waals surface area (Å²) in [4.78, 5) is 12.4. The normalized spacial score (nSPS) is 11.1. The molecule has 1 heterocycles. The van der Waals surface area contributed by atoms with Crippen LogP contribution < -0.4 is 4.74 Å². The first-order chi connectivity index (χ1) is 15.5. The minimum Gasteiger partial charge on any atom is -0.492 e. The van der Waals surface area contributed by atoms with Gasteiger partial charge in [0.15, 0.2) is 0 Å². The first-order valence-electron chi connectivity index (χ1n) is 10.5. The molecule has 32 heavy (non-hydrogen) atoms. The van der Waals surface area contributed by atoms with Crippen LogP contribution in [0.2, 0.25) is 10.0 Å². The zero-order chi connectivity index (χ0) is 22.7. The summed E-state index contributed by atoms with van der Waals surface area (Å²) in [6, 6.07) is 20.9. The molecule has 0 bridgehead atoms. The van der Waals surface area contributed by atoms with Gasteiger partial charge < -0.3 is 14.4 Å². The van der Waals surface area contributed by atoms with E-state index >= 15 is 0 Å². The first-order valence-corrected chi connectivity index (χ1v) is 11.2. The Hall–Kier alpha value is -2.95. The van der Waals surface area contributed by atoms with Gasteiger partial charge in [0.25, 0.3) is 0 Å². The zero-order valence-electron chi connectivity index (χ0n) is 17.6. The first kappa shape index (κ1) is 22.3. The number of hydrogen-bond donors (Lipinski definition) is 1. The van der Waals surface area contributed by atoms with Crippen LogP contribution in [0.4, 0.5) is 0 Å². The van der Waals surface area contributed by atoms with Crippen molar-refractivity contribution in [3.8, 4) is 16.9 Å². The number of aromatic carboxylic acids is 1. The minimum atomic E-state index is -0.927. The van der Waals surface area contributed by atoms with Crippen molar-refractivity contribution in [3.63, 3.8) is 0 Å². The summed E-state index contributed by atoms with van der Waals surface area (Å²) in [5.41, 5.74) is 4.01. The Bertz CT molecular complexity index is 1280. The summed E-state index contributed by atoms with van der Waals surface area (Å²) in [5.74, 6) is -0.334. The van der Waals surface area contributed by atoms with Crippen LogP contribution in [0.15, 0.2) is 66.7 Å². The highest BCUT2D eigenvalue weighted by Gasteiger charge is 2.23. The Morgan fingerprint density at radius 3 is 2.50 bits per heavy atom. The third-order valence-electron chi connectivity index (χ3n) is 5.52. The van der Waals surface area contributed by atoms with Crippen LogP contribution in [0, 0.1) is 6.92 Å². The maximum absolute atomic E-state index is 12.4. The van der Waals surface area contributed by atoms with Crippen molar-refractivity contribution in [1.29, 1.82) is 0 Å². The Morgan fingerprint density at radius 2 is 1.75 bits per heavy atom. The molecular weight excluding hydrogens is 445 g/mol. The lowest BCUT2D eigenvalue weighted by atomic mass is 9.97. The van der Waals surface area contributed by atoms with Gasteiger partial charge in [-0.1, -0.05) is 65.7 Å². The van der Waals surface area contributed by atoms with Crippen LogP contribution in [0.25, 0.3) is 22.0 Å². The molecule has 0 unspecified atom stereocenters. The number of carboxylic acid groups (broad SMARTS) is 1. The van der Waals surface area contributed by atoms with Gasteiger partial charge in [-0.05, 0) is 55.2 Å². The van der Waals surface area contributed by atoms with E-state index in [0.29, 0.717) is 34.6 Å². The standard InChI is InChI=1S/C26H23Cl2NO3/c1-17-8-2-3-9-19(17)24-20-10-4-5-11-22(20)29(25(24)26(30)31)14-6-7-15-32-23-13-12-18(27)16-21(23)28/h2-5,8-13,16H,6-7,14-15H2,1H3,(H,30,31). The number of aromatic nitrogens is 1. The summed E-state index contributed by atoms with van der Waals surface area (Å²) in [6.07, 6.45) is 1.52. The Balaban J connectivity index is 1.58. The predicted molar refractivity (Wildman–Crippen MR) is 130 cm³/mol.